The van der Waals surface area contributed by atoms with E-state index < -0.39 is 0 Å². The Labute approximate surface area is 261 Å². The Morgan fingerprint density at radius 3 is 2.37 bits per heavy atom. The maximum Gasteiger partial charge on any atom is 0.223 e. The molecule has 0 spiro atoms. The summed E-state index contributed by atoms with van der Waals surface area (Å²) < 4.78 is 2.12. The van der Waals surface area contributed by atoms with E-state index in [4.69, 9.17) is 0 Å². The van der Waals surface area contributed by atoms with Crippen molar-refractivity contribution in [1.29, 1.82) is 0 Å². The number of aromatic amines is 1. The Bertz CT molecular complexity index is 1200. The zero-order chi connectivity index (χ0) is 31.9. The van der Waals surface area contributed by atoms with Crippen LogP contribution >= 0.6 is 0 Å². The summed E-state index contributed by atoms with van der Waals surface area (Å²) in [6.07, 6.45) is 16.9. The van der Waals surface area contributed by atoms with Crippen molar-refractivity contribution in [2.24, 2.45) is 11.8 Å². The molecule has 2 rings (SSSR count). The van der Waals surface area contributed by atoms with Crippen LogP contribution in [-0.2, 0) is 9.59 Å². The van der Waals surface area contributed by atoms with Gasteiger partial charge in [-0.25, -0.2) is 9.56 Å². The molecule has 1 unspecified atom stereocenters. The summed E-state index contributed by atoms with van der Waals surface area (Å²) >= 11 is 0. The fraction of sp³-hybridized carbons (Fsp3) is 0.611. The first-order chi connectivity index (χ1) is 20.4. The van der Waals surface area contributed by atoms with Crippen LogP contribution in [0.5, 0.6) is 0 Å². The molecule has 2 N–H and O–H groups in total. The number of H-pyrrole nitrogens is 1. The second-order valence-electron chi connectivity index (χ2n) is 13.1. The molecular weight excluding hydrogens is 534 g/mol. The molecule has 238 valence electrons. The molecule has 43 heavy (non-hydrogen) atoms. The lowest BCUT2D eigenvalue weighted by Crippen LogP contribution is -2.31. The van der Waals surface area contributed by atoms with E-state index >= 15 is 0 Å². The van der Waals surface area contributed by atoms with Crippen molar-refractivity contribution < 1.29 is 14.2 Å². The van der Waals surface area contributed by atoms with Gasteiger partial charge in [0.1, 0.15) is 19.1 Å². The van der Waals surface area contributed by atoms with Gasteiger partial charge < -0.3 is 15.2 Å². The SMILES string of the molecule is C=[N+](CCCCCNC(=O)CC(C)C)CC(C)=CC=C(C)C(C)=CC=C(C)c1cnc(C2CCCN2C(=O)CC(C)C)[nH]1. The molecule has 7 heteroatoms. The predicted octanol–water partition coefficient (Wildman–Crippen LogP) is 7.41. The Morgan fingerprint density at radius 2 is 1.70 bits per heavy atom. The molecule has 1 aliphatic rings. The number of nitrogens with one attached hydrogen (secondary N) is 2. The van der Waals surface area contributed by atoms with E-state index in [-0.39, 0.29) is 17.9 Å². The zero-order valence-corrected chi connectivity index (χ0v) is 28.3. The predicted molar refractivity (Wildman–Crippen MR) is 180 cm³/mol. The molecule has 1 aliphatic heterocycles. The first-order valence-electron chi connectivity index (χ1n) is 16.2. The van der Waals surface area contributed by atoms with E-state index in [2.05, 4.69) is 106 Å². The third-order valence-electron chi connectivity index (χ3n) is 7.86. The van der Waals surface area contributed by atoms with Crippen molar-refractivity contribution in [3.05, 3.63) is 58.7 Å². The lowest BCUT2D eigenvalue weighted by molar-refractivity contribution is -0.511. The summed E-state index contributed by atoms with van der Waals surface area (Å²) in [6, 6.07) is 0.0492. The molecule has 0 aromatic carbocycles. The quantitative estimate of drug-likeness (QED) is 0.0856. The highest BCUT2D eigenvalue weighted by Gasteiger charge is 2.32. The fourth-order valence-electron chi connectivity index (χ4n) is 5.18. The van der Waals surface area contributed by atoms with Gasteiger partial charge in [0.2, 0.25) is 11.8 Å². The van der Waals surface area contributed by atoms with E-state index in [9.17, 15) is 9.59 Å². The van der Waals surface area contributed by atoms with Crippen LogP contribution in [0.15, 0.2) is 47.2 Å². The van der Waals surface area contributed by atoms with Crippen LogP contribution in [0, 0.1) is 11.8 Å². The topological polar surface area (TPSA) is 81.1 Å². The van der Waals surface area contributed by atoms with Gasteiger partial charge in [-0.1, -0.05) is 52.0 Å². The van der Waals surface area contributed by atoms with Crippen LogP contribution in [0.4, 0.5) is 0 Å². The monoisotopic (exact) mass is 592 g/mol. The highest BCUT2D eigenvalue weighted by molar-refractivity contribution is 5.77. The second-order valence-corrected chi connectivity index (χ2v) is 13.1. The lowest BCUT2D eigenvalue weighted by Gasteiger charge is -2.24. The first kappa shape index (κ1) is 36.0. The van der Waals surface area contributed by atoms with Crippen molar-refractivity contribution in [2.45, 2.75) is 106 Å². The normalized spacial score (nSPS) is 16.9. The van der Waals surface area contributed by atoms with E-state index in [0.29, 0.717) is 24.7 Å². The molecule has 1 aromatic rings. The largest absolute Gasteiger partial charge is 0.356 e. The summed E-state index contributed by atoms with van der Waals surface area (Å²) in [5.74, 6) is 2.04. The number of likely N-dealkylation sites (tertiary alicyclic amines) is 1. The van der Waals surface area contributed by atoms with Crippen molar-refractivity contribution in [3.8, 4) is 0 Å². The third kappa shape index (κ3) is 13.3. The molecule has 1 aromatic heterocycles. The number of rotatable bonds is 17. The van der Waals surface area contributed by atoms with Crippen LogP contribution in [-0.4, -0.2) is 64.2 Å². The minimum absolute atomic E-state index is 0.0492. The maximum atomic E-state index is 12.7. The summed E-state index contributed by atoms with van der Waals surface area (Å²) in [5, 5.41) is 3.01. The Hall–Kier alpha value is -3.22. The molecule has 7 nitrogen and oxygen atoms in total. The van der Waals surface area contributed by atoms with Gasteiger partial charge in [0.15, 0.2) is 6.54 Å². The van der Waals surface area contributed by atoms with E-state index in [1.54, 1.807) is 0 Å². The molecule has 0 aliphatic carbocycles. The molecule has 0 bridgehead atoms. The average Bonchev–Trinajstić information content (AvgIpc) is 3.61. The number of hydrogen-bond acceptors (Lipinski definition) is 3. The van der Waals surface area contributed by atoms with Gasteiger partial charge >= 0.3 is 0 Å². The summed E-state index contributed by atoms with van der Waals surface area (Å²) in [6.45, 7) is 24.4. The van der Waals surface area contributed by atoms with Gasteiger partial charge in [-0.2, -0.15) is 0 Å². The number of aromatic nitrogens is 2. The molecule has 1 atom stereocenters. The van der Waals surface area contributed by atoms with Gasteiger partial charge in [-0.05, 0) is 87.5 Å². The van der Waals surface area contributed by atoms with Gasteiger partial charge in [0.05, 0.1) is 17.9 Å². The zero-order valence-electron chi connectivity index (χ0n) is 28.3. The molecule has 2 amide bonds. The number of carbonyl (C=O) groups is 2. The van der Waals surface area contributed by atoms with Crippen molar-refractivity contribution in [3.63, 3.8) is 0 Å². The smallest absolute Gasteiger partial charge is 0.223 e. The number of hydrogen-bond donors (Lipinski definition) is 2. The second kappa shape index (κ2) is 18.4. The Morgan fingerprint density at radius 1 is 1.02 bits per heavy atom. The van der Waals surface area contributed by atoms with E-state index in [0.717, 1.165) is 75.4 Å². The van der Waals surface area contributed by atoms with Crippen LogP contribution in [0.25, 0.3) is 5.57 Å². The van der Waals surface area contributed by atoms with Crippen molar-refractivity contribution in [2.75, 3.05) is 26.2 Å². The minimum atomic E-state index is 0.0492. The van der Waals surface area contributed by atoms with Crippen LogP contribution in [0.2, 0.25) is 0 Å². The summed E-state index contributed by atoms with van der Waals surface area (Å²) in [5.41, 5.74) is 5.80. The molecule has 1 fully saturated rings. The van der Waals surface area contributed by atoms with Gasteiger partial charge in [-0.3, -0.25) is 9.59 Å². The molecule has 0 radical (unpaired) electrons. The van der Waals surface area contributed by atoms with Gasteiger partial charge in [0, 0.05) is 32.4 Å². The van der Waals surface area contributed by atoms with Crippen LogP contribution in [0.3, 0.4) is 0 Å². The maximum absolute atomic E-state index is 12.7. The highest BCUT2D eigenvalue weighted by Crippen LogP contribution is 2.32. The third-order valence-corrected chi connectivity index (χ3v) is 7.86. The van der Waals surface area contributed by atoms with Gasteiger partial charge in [0.25, 0.3) is 0 Å². The van der Waals surface area contributed by atoms with E-state index in [1.165, 1.54) is 16.7 Å². The number of amides is 2. The molecule has 1 saturated heterocycles. The lowest BCUT2D eigenvalue weighted by atomic mass is 10.1. The average molecular weight is 593 g/mol. The number of nitrogens with zero attached hydrogens (tertiary/aromatic N) is 3. The van der Waals surface area contributed by atoms with Crippen LogP contribution < -0.4 is 5.32 Å². The van der Waals surface area contributed by atoms with Crippen molar-refractivity contribution >= 4 is 24.1 Å². The number of imidazole rings is 1. The number of allylic oxidation sites excluding steroid dienone is 7. The van der Waals surface area contributed by atoms with E-state index in [1.807, 2.05) is 11.1 Å². The standard InChI is InChI=1S/C36H57N5O2/c1-26(2)22-34(42)37-19-11-10-12-20-40(9)25-28(5)15-16-29(6)30(7)17-18-31(8)32-24-38-36(39-32)33-14-13-21-41(33)35(43)23-27(3)4/h15-18,24,26-27,33H,9-14,19-23,25H2,1-8H3,(H-,37,38,39,42)/p+1. The molecule has 2 heterocycles. The highest BCUT2D eigenvalue weighted by atomic mass is 16.2. The summed E-state index contributed by atoms with van der Waals surface area (Å²) in [4.78, 5) is 34.6. The Balaban J connectivity index is 1.83. The molecule has 0 saturated carbocycles. The minimum Gasteiger partial charge on any atom is -0.356 e. The fourth-order valence-corrected chi connectivity index (χ4v) is 5.18. The van der Waals surface area contributed by atoms with Crippen LogP contribution in [0.1, 0.15) is 118 Å². The van der Waals surface area contributed by atoms with Crippen molar-refractivity contribution in [1.82, 2.24) is 20.2 Å². The molecular formula is C36H58N5O2+. The van der Waals surface area contributed by atoms with Gasteiger partial charge in [-0.15, -0.1) is 0 Å². The summed E-state index contributed by atoms with van der Waals surface area (Å²) in [7, 11) is 0. The Kier molecular flexibility index (Phi) is 15.4. The number of carbonyl (C=O) groups excluding carboxylic acids is 2. The first-order valence-corrected chi connectivity index (χ1v) is 16.2. The number of unbranched alkanes of at least 4 members (excludes halogenated alkanes) is 2.